The molecule has 21 heavy (non-hydrogen) atoms. The van der Waals surface area contributed by atoms with Gasteiger partial charge in [0.1, 0.15) is 5.75 Å². The van der Waals surface area contributed by atoms with Crippen LogP contribution in [0.5, 0.6) is 5.75 Å². The lowest BCUT2D eigenvalue weighted by molar-refractivity contribution is -0.121. The first-order valence-corrected chi connectivity index (χ1v) is 7.29. The molecule has 110 valence electrons. The largest absolute Gasteiger partial charge is 0.491 e. The van der Waals surface area contributed by atoms with Crippen LogP contribution >= 0.6 is 23.2 Å². The smallest absolute Gasteiger partial charge is 0.223 e. The van der Waals surface area contributed by atoms with Gasteiger partial charge in [0, 0.05) is 11.6 Å². The fourth-order valence-electron chi connectivity index (χ4n) is 1.71. The third-order valence-corrected chi connectivity index (χ3v) is 3.39. The molecule has 2 rings (SSSR count). The molecule has 0 saturated heterocycles. The van der Waals surface area contributed by atoms with Gasteiger partial charge in [-0.2, -0.15) is 0 Å². The summed E-state index contributed by atoms with van der Waals surface area (Å²) in [6, 6.07) is 14.5. The second-order valence-electron chi connectivity index (χ2n) is 4.43. The highest BCUT2D eigenvalue weighted by molar-refractivity contribution is 6.32. The molecule has 0 atom stereocenters. The van der Waals surface area contributed by atoms with Crippen molar-refractivity contribution in [3.8, 4) is 5.75 Å². The van der Waals surface area contributed by atoms with Crippen LogP contribution in [0.15, 0.2) is 48.5 Å². The van der Waals surface area contributed by atoms with Crippen LogP contribution in [0.25, 0.3) is 0 Å². The first-order chi connectivity index (χ1) is 10.1. The summed E-state index contributed by atoms with van der Waals surface area (Å²) >= 11 is 11.8. The molecule has 1 N–H and O–H groups in total. The monoisotopic (exact) mass is 323 g/mol. The molecule has 0 aliphatic carbocycles. The molecule has 0 bridgehead atoms. The molecular weight excluding hydrogens is 309 g/mol. The molecule has 1 amide bonds. The zero-order chi connectivity index (χ0) is 15.1. The molecule has 0 aromatic heterocycles. The van der Waals surface area contributed by atoms with Crippen molar-refractivity contribution in [2.45, 2.75) is 13.0 Å². The zero-order valence-corrected chi connectivity index (χ0v) is 12.8. The summed E-state index contributed by atoms with van der Waals surface area (Å²) in [6.07, 6.45) is 0.277. The van der Waals surface area contributed by atoms with Gasteiger partial charge < -0.3 is 10.1 Å². The minimum Gasteiger partial charge on any atom is -0.491 e. The maximum Gasteiger partial charge on any atom is 0.223 e. The Morgan fingerprint density at radius 2 is 1.76 bits per heavy atom. The topological polar surface area (TPSA) is 38.3 Å². The van der Waals surface area contributed by atoms with E-state index < -0.39 is 0 Å². The number of halogens is 2. The van der Waals surface area contributed by atoms with Crippen molar-refractivity contribution in [1.82, 2.24) is 5.32 Å². The summed E-state index contributed by atoms with van der Waals surface area (Å²) in [4.78, 5) is 11.7. The lowest BCUT2D eigenvalue weighted by Crippen LogP contribution is -2.24. The predicted octanol–water partition coefficient (Wildman–Crippen LogP) is 4.08. The minimum atomic E-state index is -0.0722. The number of benzene rings is 2. The van der Waals surface area contributed by atoms with E-state index in [1.54, 1.807) is 24.3 Å². The number of hydrogen-bond donors (Lipinski definition) is 1. The molecule has 0 spiro atoms. The number of para-hydroxylation sites is 1. The highest BCUT2D eigenvalue weighted by Gasteiger charge is 2.04. The van der Waals surface area contributed by atoms with E-state index in [1.165, 1.54) is 0 Å². The fraction of sp³-hybridized carbons (Fsp3) is 0.188. The number of carbonyl (C=O) groups is 1. The van der Waals surface area contributed by atoms with E-state index in [9.17, 15) is 4.79 Å². The van der Waals surface area contributed by atoms with Crippen molar-refractivity contribution in [3.63, 3.8) is 0 Å². The van der Waals surface area contributed by atoms with Gasteiger partial charge in [0.15, 0.2) is 0 Å². The summed E-state index contributed by atoms with van der Waals surface area (Å²) in [5.74, 6) is 0.515. The Morgan fingerprint density at radius 3 is 2.48 bits per heavy atom. The van der Waals surface area contributed by atoms with Gasteiger partial charge in [0.05, 0.1) is 18.1 Å². The molecule has 0 aliphatic rings. The molecule has 2 aromatic carbocycles. The summed E-state index contributed by atoms with van der Waals surface area (Å²) in [6.45, 7) is 0.762. The van der Waals surface area contributed by atoms with E-state index in [0.29, 0.717) is 22.3 Å². The lowest BCUT2D eigenvalue weighted by Gasteiger charge is -2.08. The van der Waals surface area contributed by atoms with Crippen LogP contribution in [-0.4, -0.2) is 12.5 Å². The lowest BCUT2D eigenvalue weighted by atomic mass is 10.2. The Balaban J connectivity index is 1.70. The van der Waals surface area contributed by atoms with Crippen LogP contribution in [0.4, 0.5) is 0 Å². The summed E-state index contributed by atoms with van der Waals surface area (Å²) < 4.78 is 5.46. The maximum absolute atomic E-state index is 11.7. The van der Waals surface area contributed by atoms with Gasteiger partial charge in [-0.05, 0) is 29.8 Å². The van der Waals surface area contributed by atoms with Crippen molar-refractivity contribution < 1.29 is 9.53 Å². The van der Waals surface area contributed by atoms with Gasteiger partial charge in [-0.15, -0.1) is 0 Å². The second-order valence-corrected chi connectivity index (χ2v) is 5.28. The average Bonchev–Trinajstić information content (AvgIpc) is 2.49. The van der Waals surface area contributed by atoms with E-state index in [0.717, 1.165) is 5.56 Å². The second kappa shape index (κ2) is 7.91. The van der Waals surface area contributed by atoms with Crippen molar-refractivity contribution in [2.24, 2.45) is 0 Å². The van der Waals surface area contributed by atoms with Crippen molar-refractivity contribution in [2.75, 3.05) is 6.61 Å². The van der Waals surface area contributed by atoms with Crippen LogP contribution in [0, 0.1) is 0 Å². The minimum absolute atomic E-state index is 0.0722. The fourth-order valence-corrected chi connectivity index (χ4v) is 2.02. The standard InChI is InChI=1S/C16H15Cl2NO2/c17-13-7-5-12(6-8-13)11-19-16(20)9-10-21-15-4-2-1-3-14(15)18/h1-8H,9-11H2,(H,19,20). The van der Waals surface area contributed by atoms with Crippen molar-refractivity contribution in [3.05, 3.63) is 64.1 Å². The van der Waals surface area contributed by atoms with Crippen molar-refractivity contribution >= 4 is 29.1 Å². The van der Waals surface area contributed by atoms with Crippen molar-refractivity contribution in [1.29, 1.82) is 0 Å². The highest BCUT2D eigenvalue weighted by atomic mass is 35.5. The number of carbonyl (C=O) groups excluding carboxylic acids is 1. The Bertz CT molecular complexity index is 599. The third kappa shape index (κ3) is 5.29. The van der Waals surface area contributed by atoms with Gasteiger partial charge in [-0.3, -0.25) is 4.79 Å². The van der Waals surface area contributed by atoms with E-state index >= 15 is 0 Å². The Hall–Kier alpha value is -1.71. The van der Waals surface area contributed by atoms with E-state index in [-0.39, 0.29) is 18.9 Å². The summed E-state index contributed by atoms with van der Waals surface area (Å²) in [7, 11) is 0. The zero-order valence-electron chi connectivity index (χ0n) is 11.3. The third-order valence-electron chi connectivity index (χ3n) is 2.83. The van der Waals surface area contributed by atoms with E-state index in [1.807, 2.05) is 24.3 Å². The highest BCUT2D eigenvalue weighted by Crippen LogP contribution is 2.23. The Morgan fingerprint density at radius 1 is 1.05 bits per heavy atom. The number of amides is 1. The summed E-state index contributed by atoms with van der Waals surface area (Å²) in [5, 5.41) is 4.04. The SMILES string of the molecule is O=C(CCOc1ccccc1Cl)NCc1ccc(Cl)cc1. The van der Waals surface area contributed by atoms with Gasteiger partial charge in [0.2, 0.25) is 5.91 Å². The number of hydrogen-bond acceptors (Lipinski definition) is 2. The molecule has 3 nitrogen and oxygen atoms in total. The Labute approximate surface area is 133 Å². The Kier molecular flexibility index (Phi) is 5.90. The van der Waals surface area contributed by atoms with Crippen LogP contribution in [0.2, 0.25) is 10.0 Å². The van der Waals surface area contributed by atoms with Crippen LogP contribution in [0.3, 0.4) is 0 Å². The molecule has 0 unspecified atom stereocenters. The average molecular weight is 324 g/mol. The molecule has 5 heteroatoms. The number of ether oxygens (including phenoxy) is 1. The molecule has 0 heterocycles. The first kappa shape index (κ1) is 15.7. The van der Waals surface area contributed by atoms with E-state index in [2.05, 4.69) is 5.32 Å². The molecule has 0 saturated carbocycles. The normalized spacial score (nSPS) is 10.2. The first-order valence-electron chi connectivity index (χ1n) is 6.53. The van der Waals surface area contributed by atoms with Crippen LogP contribution in [-0.2, 0) is 11.3 Å². The maximum atomic E-state index is 11.7. The van der Waals surface area contributed by atoms with Crippen LogP contribution in [0.1, 0.15) is 12.0 Å². The molecule has 0 aliphatic heterocycles. The van der Waals surface area contributed by atoms with E-state index in [4.69, 9.17) is 27.9 Å². The molecule has 0 radical (unpaired) electrons. The van der Waals surface area contributed by atoms with Gasteiger partial charge in [-0.1, -0.05) is 47.5 Å². The molecule has 0 fully saturated rings. The van der Waals surface area contributed by atoms with Crippen LogP contribution < -0.4 is 10.1 Å². The summed E-state index contributed by atoms with van der Waals surface area (Å²) in [5.41, 5.74) is 1.000. The van der Waals surface area contributed by atoms with Gasteiger partial charge in [0.25, 0.3) is 0 Å². The molecular formula is C16H15Cl2NO2. The predicted molar refractivity (Wildman–Crippen MR) is 84.9 cm³/mol. The quantitative estimate of drug-likeness (QED) is 0.869. The number of rotatable bonds is 6. The molecule has 2 aromatic rings. The van der Waals surface area contributed by atoms with Gasteiger partial charge >= 0.3 is 0 Å². The number of nitrogens with one attached hydrogen (secondary N) is 1. The van der Waals surface area contributed by atoms with Gasteiger partial charge in [-0.25, -0.2) is 0 Å².